The molecule has 1 aromatic rings. The summed E-state index contributed by atoms with van der Waals surface area (Å²) < 4.78 is 37.2. The molecule has 5 nitrogen and oxygen atoms in total. The fourth-order valence-electron chi connectivity index (χ4n) is 1.52. The van der Waals surface area contributed by atoms with Crippen LogP contribution >= 0.6 is 0 Å². The van der Waals surface area contributed by atoms with Crippen LogP contribution in [0.15, 0.2) is 29.2 Å². The first-order chi connectivity index (χ1) is 8.95. The maximum absolute atomic E-state index is 11.9. The van der Waals surface area contributed by atoms with Crippen molar-refractivity contribution < 1.29 is 12.6 Å². The van der Waals surface area contributed by atoms with Crippen molar-refractivity contribution in [1.82, 2.24) is 4.72 Å². The first-order valence-electron chi connectivity index (χ1n) is 6.09. The van der Waals surface area contributed by atoms with Crippen molar-refractivity contribution in [3.8, 4) is 0 Å². The van der Waals surface area contributed by atoms with E-state index in [-0.39, 0.29) is 4.90 Å². The molecule has 0 radical (unpaired) electrons. The van der Waals surface area contributed by atoms with E-state index in [1.54, 1.807) is 30.5 Å². The predicted octanol–water partition coefficient (Wildman–Crippen LogP) is 1.17. The third kappa shape index (κ3) is 5.71. The summed E-state index contributed by atoms with van der Waals surface area (Å²) in [6.07, 6.45) is 2.17. The Hall–Kier alpha value is -0.920. The molecule has 7 heteroatoms. The number of anilines is 1. The quantitative estimate of drug-likeness (QED) is 0.707. The van der Waals surface area contributed by atoms with Gasteiger partial charge in [0, 0.05) is 41.6 Å². The van der Waals surface area contributed by atoms with E-state index >= 15 is 0 Å². The molecule has 0 aliphatic heterocycles. The average Bonchev–Trinajstić information content (AvgIpc) is 2.36. The van der Waals surface area contributed by atoms with Gasteiger partial charge >= 0.3 is 0 Å². The van der Waals surface area contributed by atoms with E-state index < -0.39 is 20.8 Å². The fraction of sp³-hybridized carbons (Fsp3) is 0.500. The molecule has 0 saturated carbocycles. The van der Waals surface area contributed by atoms with Gasteiger partial charge in [-0.05, 0) is 37.6 Å². The van der Waals surface area contributed by atoms with Crippen LogP contribution in [0.2, 0.25) is 0 Å². The Bertz CT molecular complexity index is 512. The van der Waals surface area contributed by atoms with Crippen molar-refractivity contribution in [2.45, 2.75) is 18.2 Å². The van der Waals surface area contributed by atoms with E-state index in [9.17, 15) is 12.6 Å². The molecule has 1 unspecified atom stereocenters. The lowest BCUT2D eigenvalue weighted by atomic mass is 10.3. The number of hydrogen-bond acceptors (Lipinski definition) is 4. The molecule has 0 heterocycles. The van der Waals surface area contributed by atoms with Crippen LogP contribution < -0.4 is 10.0 Å². The molecule has 0 aliphatic carbocycles. The minimum absolute atomic E-state index is 0.242. The second-order valence-electron chi connectivity index (χ2n) is 4.08. The summed E-state index contributed by atoms with van der Waals surface area (Å²) in [5.74, 6) is 0.502. The van der Waals surface area contributed by atoms with E-state index in [1.165, 1.54) is 0 Å². The number of benzene rings is 1. The first-order valence-corrected chi connectivity index (χ1v) is 9.30. The zero-order valence-corrected chi connectivity index (χ0v) is 12.8. The molecular weight excluding hydrogens is 284 g/mol. The van der Waals surface area contributed by atoms with Crippen LogP contribution in [0.25, 0.3) is 0 Å². The van der Waals surface area contributed by atoms with E-state index in [0.717, 1.165) is 12.2 Å². The highest BCUT2D eigenvalue weighted by atomic mass is 32.2. The van der Waals surface area contributed by atoms with Crippen LogP contribution in [0.5, 0.6) is 0 Å². The van der Waals surface area contributed by atoms with Crippen molar-refractivity contribution in [2.24, 2.45) is 0 Å². The van der Waals surface area contributed by atoms with Gasteiger partial charge in [-0.15, -0.1) is 0 Å². The second kappa shape index (κ2) is 7.62. The Morgan fingerprint density at radius 1 is 1.21 bits per heavy atom. The van der Waals surface area contributed by atoms with E-state index in [2.05, 4.69) is 10.0 Å². The number of nitrogens with one attached hydrogen (secondary N) is 2. The molecule has 108 valence electrons. The molecular formula is C12H20N2O3S2. The van der Waals surface area contributed by atoms with Crippen LogP contribution in [0.1, 0.15) is 13.3 Å². The highest BCUT2D eigenvalue weighted by Crippen LogP contribution is 2.13. The van der Waals surface area contributed by atoms with Crippen molar-refractivity contribution >= 4 is 26.5 Å². The van der Waals surface area contributed by atoms with Gasteiger partial charge in [0.2, 0.25) is 10.0 Å². The van der Waals surface area contributed by atoms with Gasteiger partial charge in [-0.1, -0.05) is 0 Å². The molecule has 2 N–H and O–H groups in total. The summed E-state index contributed by atoms with van der Waals surface area (Å²) in [7, 11) is -4.35. The molecule has 1 rings (SSSR count). The second-order valence-corrected chi connectivity index (χ2v) is 7.40. The van der Waals surface area contributed by atoms with Gasteiger partial charge in [-0.3, -0.25) is 4.21 Å². The summed E-state index contributed by atoms with van der Waals surface area (Å²) in [4.78, 5) is 0.242. The molecule has 19 heavy (non-hydrogen) atoms. The Morgan fingerprint density at radius 2 is 1.84 bits per heavy atom. The van der Waals surface area contributed by atoms with Gasteiger partial charge in [0.15, 0.2) is 0 Å². The molecule has 0 fully saturated rings. The van der Waals surface area contributed by atoms with Gasteiger partial charge in [0.1, 0.15) is 0 Å². The van der Waals surface area contributed by atoms with Crippen LogP contribution in [0, 0.1) is 0 Å². The summed E-state index contributed by atoms with van der Waals surface area (Å²) in [5, 5.41) is 3.10. The van der Waals surface area contributed by atoms with Crippen molar-refractivity contribution in [2.75, 3.05) is 30.4 Å². The van der Waals surface area contributed by atoms with Crippen molar-refractivity contribution in [3.05, 3.63) is 24.3 Å². The van der Waals surface area contributed by atoms with Crippen LogP contribution in [-0.2, 0) is 20.8 Å². The van der Waals surface area contributed by atoms with Gasteiger partial charge in [-0.2, -0.15) is 0 Å². The SMILES string of the molecule is CCNc1ccc(S(=O)(=O)NCCCS(C)=O)cc1. The Morgan fingerprint density at radius 3 is 2.37 bits per heavy atom. The molecule has 0 saturated heterocycles. The third-order valence-corrected chi connectivity index (χ3v) is 4.79. The highest BCUT2D eigenvalue weighted by Gasteiger charge is 2.12. The molecule has 0 spiro atoms. The van der Waals surface area contributed by atoms with Crippen molar-refractivity contribution in [1.29, 1.82) is 0 Å². The highest BCUT2D eigenvalue weighted by molar-refractivity contribution is 7.89. The Labute approximate surface area is 117 Å². The summed E-state index contributed by atoms with van der Waals surface area (Å²) >= 11 is 0. The molecule has 0 bridgehead atoms. The molecule has 0 aliphatic rings. The van der Waals surface area contributed by atoms with E-state index in [0.29, 0.717) is 18.7 Å². The molecule has 0 amide bonds. The molecule has 1 aromatic carbocycles. The molecule has 0 aromatic heterocycles. The van der Waals surface area contributed by atoms with Crippen molar-refractivity contribution in [3.63, 3.8) is 0 Å². The monoisotopic (exact) mass is 304 g/mol. The van der Waals surface area contributed by atoms with E-state index in [4.69, 9.17) is 0 Å². The summed E-state index contributed by atoms with van der Waals surface area (Å²) in [6, 6.07) is 6.61. The van der Waals surface area contributed by atoms with Gasteiger partial charge in [0.05, 0.1) is 4.90 Å². The lowest BCUT2D eigenvalue weighted by molar-refractivity contribution is 0.580. The predicted molar refractivity (Wildman–Crippen MR) is 79.3 cm³/mol. The maximum Gasteiger partial charge on any atom is 0.240 e. The standard InChI is InChI=1S/C12H20N2O3S2/c1-3-13-11-5-7-12(8-6-11)19(16,17)14-9-4-10-18(2)15/h5-8,13-14H,3-4,9-10H2,1-2H3. The Kier molecular flexibility index (Phi) is 6.47. The van der Waals surface area contributed by atoms with E-state index in [1.807, 2.05) is 6.92 Å². The van der Waals surface area contributed by atoms with Crippen LogP contribution in [0.3, 0.4) is 0 Å². The number of rotatable bonds is 8. The first kappa shape index (κ1) is 16.1. The van der Waals surface area contributed by atoms with Crippen LogP contribution in [-0.4, -0.2) is 37.7 Å². The van der Waals surface area contributed by atoms with Gasteiger partial charge < -0.3 is 5.32 Å². The Balaban J connectivity index is 2.59. The maximum atomic E-state index is 11.9. The normalized spacial score (nSPS) is 13.2. The smallest absolute Gasteiger partial charge is 0.240 e. The van der Waals surface area contributed by atoms with Crippen LogP contribution in [0.4, 0.5) is 5.69 Å². The summed E-state index contributed by atoms with van der Waals surface area (Å²) in [5.41, 5.74) is 0.892. The lowest BCUT2D eigenvalue weighted by Gasteiger charge is -2.08. The summed E-state index contributed by atoms with van der Waals surface area (Å²) in [6.45, 7) is 3.07. The topological polar surface area (TPSA) is 75.3 Å². The molecule has 1 atom stereocenters. The minimum Gasteiger partial charge on any atom is -0.385 e. The average molecular weight is 304 g/mol. The third-order valence-electron chi connectivity index (χ3n) is 2.45. The minimum atomic E-state index is -3.47. The largest absolute Gasteiger partial charge is 0.385 e. The lowest BCUT2D eigenvalue weighted by Crippen LogP contribution is -2.25. The number of hydrogen-bond donors (Lipinski definition) is 2. The number of sulfonamides is 1. The van der Waals surface area contributed by atoms with Gasteiger partial charge in [0.25, 0.3) is 0 Å². The zero-order chi connectivity index (χ0) is 14.3. The zero-order valence-electron chi connectivity index (χ0n) is 11.2. The fourth-order valence-corrected chi connectivity index (χ4v) is 3.15. The van der Waals surface area contributed by atoms with Gasteiger partial charge in [-0.25, -0.2) is 13.1 Å².